The van der Waals surface area contributed by atoms with Gasteiger partial charge in [-0.3, -0.25) is 9.58 Å². The van der Waals surface area contributed by atoms with Gasteiger partial charge in [-0.05, 0) is 40.3 Å². The van der Waals surface area contributed by atoms with E-state index in [9.17, 15) is 0 Å². The number of likely N-dealkylation sites (N-methyl/N-ethyl adjacent to an activating group) is 1. The lowest BCUT2D eigenvalue weighted by molar-refractivity contribution is 0.0838. The Bertz CT molecular complexity index is 453. The van der Waals surface area contributed by atoms with Crippen molar-refractivity contribution >= 4 is 11.6 Å². The van der Waals surface area contributed by atoms with E-state index in [1.165, 1.54) is 0 Å². The molecule has 0 bridgehead atoms. The molecule has 0 aliphatic heterocycles. The third-order valence-electron chi connectivity index (χ3n) is 4.87. The fourth-order valence-corrected chi connectivity index (χ4v) is 3.37. The molecule has 1 rings (SSSR count). The highest BCUT2D eigenvalue weighted by atomic mass is 35.5. The van der Waals surface area contributed by atoms with E-state index in [1.807, 2.05) is 11.6 Å². The van der Waals surface area contributed by atoms with Crippen molar-refractivity contribution in [3.05, 3.63) is 16.4 Å². The summed E-state index contributed by atoms with van der Waals surface area (Å²) in [7, 11) is 0. The number of hydrogen-bond acceptors (Lipinski definition) is 3. The van der Waals surface area contributed by atoms with Crippen LogP contribution in [0.25, 0.3) is 0 Å². The molecule has 0 amide bonds. The van der Waals surface area contributed by atoms with Crippen molar-refractivity contribution in [2.45, 2.75) is 72.5 Å². The van der Waals surface area contributed by atoms with Crippen LogP contribution in [0.5, 0.6) is 0 Å². The van der Waals surface area contributed by atoms with Crippen LogP contribution in [0.15, 0.2) is 0 Å². The summed E-state index contributed by atoms with van der Waals surface area (Å²) in [6.07, 6.45) is 1.78. The predicted octanol–water partition coefficient (Wildman–Crippen LogP) is 3.25. The van der Waals surface area contributed by atoms with Crippen LogP contribution in [0.3, 0.4) is 0 Å². The van der Waals surface area contributed by atoms with Crippen LogP contribution in [0.2, 0.25) is 5.02 Å². The third-order valence-corrected chi connectivity index (χ3v) is 5.36. The molecule has 122 valence electrons. The zero-order valence-electron chi connectivity index (χ0n) is 14.4. The Labute approximate surface area is 134 Å². The molecule has 0 aromatic carbocycles. The minimum Gasteiger partial charge on any atom is -0.326 e. The molecule has 0 aliphatic rings. The Morgan fingerprint density at radius 2 is 1.86 bits per heavy atom. The van der Waals surface area contributed by atoms with Crippen molar-refractivity contribution in [3.8, 4) is 0 Å². The highest BCUT2D eigenvalue weighted by molar-refractivity contribution is 6.31. The maximum atomic E-state index is 6.61. The summed E-state index contributed by atoms with van der Waals surface area (Å²) < 4.78 is 1.98. The van der Waals surface area contributed by atoms with Crippen molar-refractivity contribution in [3.63, 3.8) is 0 Å². The fourth-order valence-electron chi connectivity index (χ4n) is 3.16. The van der Waals surface area contributed by atoms with Crippen molar-refractivity contribution in [2.75, 3.05) is 13.1 Å². The zero-order chi connectivity index (χ0) is 16.2. The molecular formula is C16H31ClN4. The molecule has 0 radical (unpaired) electrons. The van der Waals surface area contributed by atoms with E-state index in [1.54, 1.807) is 0 Å². The lowest BCUT2D eigenvalue weighted by Gasteiger charge is -2.44. The molecule has 0 spiro atoms. The first kappa shape index (κ1) is 18.5. The van der Waals surface area contributed by atoms with Gasteiger partial charge in [0.2, 0.25) is 0 Å². The van der Waals surface area contributed by atoms with Crippen LogP contribution in [-0.4, -0.2) is 39.4 Å². The van der Waals surface area contributed by atoms with Crippen LogP contribution in [-0.2, 0) is 13.0 Å². The third kappa shape index (κ3) is 3.61. The van der Waals surface area contributed by atoms with Gasteiger partial charge in [0.1, 0.15) is 0 Å². The van der Waals surface area contributed by atoms with Crippen LogP contribution >= 0.6 is 11.6 Å². The van der Waals surface area contributed by atoms with Crippen molar-refractivity contribution in [1.82, 2.24) is 14.7 Å². The van der Waals surface area contributed by atoms with E-state index in [2.05, 4.69) is 44.6 Å². The van der Waals surface area contributed by atoms with Gasteiger partial charge in [-0.25, -0.2) is 0 Å². The fraction of sp³-hybridized carbons (Fsp3) is 0.812. The van der Waals surface area contributed by atoms with E-state index >= 15 is 0 Å². The molecule has 1 aromatic heterocycles. The maximum absolute atomic E-state index is 6.61. The largest absolute Gasteiger partial charge is 0.326 e. The Morgan fingerprint density at radius 3 is 2.29 bits per heavy atom. The second-order valence-electron chi connectivity index (χ2n) is 5.86. The van der Waals surface area contributed by atoms with E-state index in [-0.39, 0.29) is 11.6 Å². The molecule has 2 atom stereocenters. The molecule has 2 N–H and O–H groups in total. The Balaban J connectivity index is 3.05. The Hall–Kier alpha value is -0.580. The molecule has 4 nitrogen and oxygen atoms in total. The second kappa shape index (κ2) is 7.61. The van der Waals surface area contributed by atoms with Crippen molar-refractivity contribution < 1.29 is 0 Å². The van der Waals surface area contributed by atoms with E-state index in [4.69, 9.17) is 17.3 Å². The van der Waals surface area contributed by atoms with Crippen molar-refractivity contribution in [2.24, 2.45) is 5.73 Å². The van der Waals surface area contributed by atoms with E-state index < -0.39 is 0 Å². The summed E-state index contributed by atoms with van der Waals surface area (Å²) in [4.78, 5) is 2.45. The number of nitrogens with two attached hydrogens (primary N) is 1. The first-order valence-corrected chi connectivity index (χ1v) is 8.45. The average molecular weight is 315 g/mol. The lowest BCUT2D eigenvalue weighted by atomic mass is 9.85. The number of rotatable bonds is 8. The predicted molar refractivity (Wildman–Crippen MR) is 90.9 cm³/mol. The summed E-state index contributed by atoms with van der Waals surface area (Å²) in [5, 5.41) is 5.26. The van der Waals surface area contributed by atoms with Crippen LogP contribution in [0, 0.1) is 6.92 Å². The molecular weight excluding hydrogens is 284 g/mol. The average Bonchev–Trinajstić information content (AvgIpc) is 2.75. The van der Waals surface area contributed by atoms with Gasteiger partial charge < -0.3 is 5.73 Å². The Morgan fingerprint density at radius 1 is 1.29 bits per heavy atom. The number of hydrogen-bond donors (Lipinski definition) is 1. The molecule has 0 saturated heterocycles. The molecule has 1 aromatic rings. The monoisotopic (exact) mass is 314 g/mol. The summed E-state index contributed by atoms with van der Waals surface area (Å²) in [6, 6.07) is 0.0290. The summed E-state index contributed by atoms with van der Waals surface area (Å²) in [5.41, 5.74) is 8.54. The number of aromatic nitrogens is 2. The van der Waals surface area contributed by atoms with E-state index in [0.717, 1.165) is 48.9 Å². The van der Waals surface area contributed by atoms with Crippen LogP contribution in [0.4, 0.5) is 0 Å². The van der Waals surface area contributed by atoms with Crippen LogP contribution < -0.4 is 5.73 Å². The summed E-state index contributed by atoms with van der Waals surface area (Å²) >= 11 is 6.42. The second-order valence-corrected chi connectivity index (χ2v) is 6.23. The van der Waals surface area contributed by atoms with Gasteiger partial charge in [0.15, 0.2) is 0 Å². The molecule has 0 aliphatic carbocycles. The number of aryl methyl sites for hydroxylation is 2. The lowest BCUT2D eigenvalue weighted by Crippen LogP contribution is -2.58. The van der Waals surface area contributed by atoms with E-state index in [0.29, 0.717) is 0 Å². The molecule has 2 unspecified atom stereocenters. The number of nitrogens with zero attached hydrogens (tertiary/aromatic N) is 3. The van der Waals surface area contributed by atoms with Crippen LogP contribution in [0.1, 0.15) is 52.4 Å². The summed E-state index contributed by atoms with van der Waals surface area (Å²) in [5.74, 6) is 0. The highest BCUT2D eigenvalue weighted by Crippen LogP contribution is 2.28. The quantitative estimate of drug-likeness (QED) is 0.801. The molecule has 21 heavy (non-hydrogen) atoms. The smallest absolute Gasteiger partial charge is 0.0847 e. The molecule has 0 saturated carbocycles. The van der Waals surface area contributed by atoms with Gasteiger partial charge in [0, 0.05) is 24.5 Å². The molecule has 1 heterocycles. The minimum atomic E-state index is -0.0242. The zero-order valence-corrected chi connectivity index (χ0v) is 15.2. The topological polar surface area (TPSA) is 47.1 Å². The van der Waals surface area contributed by atoms with Crippen molar-refractivity contribution in [1.29, 1.82) is 0 Å². The van der Waals surface area contributed by atoms with Gasteiger partial charge in [-0.1, -0.05) is 32.4 Å². The molecule has 5 heteroatoms. The summed E-state index contributed by atoms with van der Waals surface area (Å²) in [6.45, 7) is 15.7. The first-order valence-electron chi connectivity index (χ1n) is 8.07. The standard InChI is InChI=1S/C16H31ClN4/c1-7-16(6,20(8-2)9-3)14(18)11-13-15(17)12(5)19-21(13)10-4/h14H,7-11,18H2,1-6H3. The first-order chi connectivity index (χ1) is 9.85. The van der Waals surface area contributed by atoms with Gasteiger partial charge in [0.25, 0.3) is 0 Å². The molecule has 0 fully saturated rings. The SMILES string of the molecule is CCN(CC)C(C)(CC)C(N)Cc1c(Cl)c(C)nn1CC. The minimum absolute atomic E-state index is 0.0242. The van der Waals surface area contributed by atoms with Gasteiger partial charge in [0.05, 0.1) is 16.4 Å². The Kier molecular flexibility index (Phi) is 6.70. The van der Waals surface area contributed by atoms with Gasteiger partial charge in [-0.2, -0.15) is 5.10 Å². The number of halogens is 1. The highest BCUT2D eigenvalue weighted by Gasteiger charge is 2.35. The normalized spacial score (nSPS) is 16.2. The van der Waals surface area contributed by atoms with Gasteiger partial charge >= 0.3 is 0 Å². The van der Waals surface area contributed by atoms with Gasteiger partial charge in [-0.15, -0.1) is 0 Å². The maximum Gasteiger partial charge on any atom is 0.0847 e.